The first-order valence-corrected chi connectivity index (χ1v) is 12.1. The second kappa shape index (κ2) is 7.69. The zero-order valence-corrected chi connectivity index (χ0v) is 18.1. The van der Waals surface area contributed by atoms with Crippen LogP contribution in [0.4, 0.5) is 0 Å². The summed E-state index contributed by atoms with van der Waals surface area (Å²) in [4.78, 5) is 5.35. The van der Waals surface area contributed by atoms with Crippen LogP contribution in [0.15, 0.2) is 42.5 Å². The van der Waals surface area contributed by atoms with E-state index in [9.17, 15) is 0 Å². The second-order valence-corrected chi connectivity index (χ2v) is 10.1. The fourth-order valence-electron chi connectivity index (χ4n) is 6.39. The lowest BCUT2D eigenvalue weighted by molar-refractivity contribution is 0.0768. The Hall–Kier alpha value is -1.84. The van der Waals surface area contributed by atoms with Crippen LogP contribution in [0.2, 0.25) is 0 Å². The highest BCUT2D eigenvalue weighted by molar-refractivity contribution is 5.42. The van der Waals surface area contributed by atoms with E-state index in [0.29, 0.717) is 0 Å². The second-order valence-electron chi connectivity index (χ2n) is 10.1. The normalized spacial score (nSPS) is 29.0. The van der Waals surface area contributed by atoms with Crippen LogP contribution in [0.25, 0.3) is 0 Å². The van der Waals surface area contributed by atoms with Crippen LogP contribution in [0.1, 0.15) is 60.8 Å². The molecule has 4 heterocycles. The molecule has 2 saturated heterocycles. The van der Waals surface area contributed by atoms with Crippen molar-refractivity contribution in [3.63, 3.8) is 0 Å². The van der Waals surface area contributed by atoms with E-state index in [-0.39, 0.29) is 5.60 Å². The quantitative estimate of drug-likeness (QED) is 0.706. The number of ether oxygens (including phenoxy) is 1. The number of fused-ring (bicyclic) bond motifs is 3. The smallest absolute Gasteiger partial charge is 0.123 e. The van der Waals surface area contributed by atoms with Gasteiger partial charge in [-0.25, -0.2) is 0 Å². The SMILES string of the molecule is c1ccc2c(c1)CCN(Cc1ccc3c(c1)CC1(CCC4CCCCN4CC1)O3)C2. The average Bonchev–Trinajstić information content (AvgIpc) is 3.04. The van der Waals surface area contributed by atoms with Gasteiger partial charge in [-0.3, -0.25) is 4.90 Å². The summed E-state index contributed by atoms with van der Waals surface area (Å²) in [5.41, 5.74) is 5.98. The summed E-state index contributed by atoms with van der Waals surface area (Å²) in [5, 5.41) is 0. The van der Waals surface area contributed by atoms with Gasteiger partial charge in [-0.15, -0.1) is 0 Å². The molecule has 0 radical (unpaired) electrons. The van der Waals surface area contributed by atoms with Gasteiger partial charge in [0.1, 0.15) is 11.4 Å². The monoisotopic (exact) mass is 402 g/mol. The molecule has 2 aromatic carbocycles. The van der Waals surface area contributed by atoms with Gasteiger partial charge in [0.15, 0.2) is 0 Å². The van der Waals surface area contributed by atoms with Gasteiger partial charge in [0.25, 0.3) is 0 Å². The summed E-state index contributed by atoms with van der Waals surface area (Å²) in [6.07, 6.45) is 10.2. The van der Waals surface area contributed by atoms with Crippen molar-refractivity contribution < 1.29 is 4.74 Å². The van der Waals surface area contributed by atoms with Crippen molar-refractivity contribution in [2.75, 3.05) is 19.6 Å². The molecule has 3 nitrogen and oxygen atoms in total. The zero-order chi connectivity index (χ0) is 20.0. The van der Waals surface area contributed by atoms with Crippen LogP contribution in [0.3, 0.4) is 0 Å². The molecule has 2 fully saturated rings. The van der Waals surface area contributed by atoms with Gasteiger partial charge in [0.05, 0.1) is 0 Å². The molecule has 0 aliphatic carbocycles. The third-order valence-electron chi connectivity index (χ3n) is 8.12. The highest BCUT2D eigenvalue weighted by Crippen LogP contribution is 2.43. The Morgan fingerprint density at radius 2 is 1.83 bits per heavy atom. The molecule has 0 aromatic heterocycles. The fraction of sp³-hybridized carbons (Fsp3) is 0.556. The van der Waals surface area contributed by atoms with E-state index >= 15 is 0 Å². The molecule has 0 saturated carbocycles. The molecule has 1 spiro atoms. The van der Waals surface area contributed by atoms with Crippen LogP contribution in [-0.4, -0.2) is 41.1 Å². The maximum Gasteiger partial charge on any atom is 0.123 e. The summed E-state index contributed by atoms with van der Waals surface area (Å²) in [6.45, 7) is 5.80. The summed E-state index contributed by atoms with van der Waals surface area (Å²) in [6, 6.07) is 16.7. The first-order chi connectivity index (χ1) is 14.8. The maximum atomic E-state index is 6.67. The van der Waals surface area contributed by atoms with Crippen LogP contribution in [0.5, 0.6) is 5.75 Å². The third kappa shape index (κ3) is 3.56. The first-order valence-electron chi connectivity index (χ1n) is 12.1. The molecule has 30 heavy (non-hydrogen) atoms. The van der Waals surface area contributed by atoms with Crippen molar-refractivity contribution in [1.29, 1.82) is 0 Å². The standard InChI is InChI=1S/C27H34N2O/c1-2-6-23-20-28(15-11-22(23)5-1)19-21-8-9-26-24(17-21)18-27(30-26)12-10-25-7-3-4-14-29(25)16-13-27/h1-2,5-6,8-9,17,25H,3-4,7,10-16,18-20H2. The fourth-order valence-corrected chi connectivity index (χ4v) is 6.39. The molecular weight excluding hydrogens is 368 g/mol. The topological polar surface area (TPSA) is 15.7 Å². The van der Waals surface area contributed by atoms with Crippen molar-refractivity contribution in [2.24, 2.45) is 0 Å². The molecule has 2 unspecified atom stereocenters. The van der Waals surface area contributed by atoms with Crippen molar-refractivity contribution in [3.05, 3.63) is 64.7 Å². The molecule has 0 N–H and O–H groups in total. The summed E-state index contributed by atoms with van der Waals surface area (Å²) < 4.78 is 6.67. The Labute approximate surface area is 181 Å². The van der Waals surface area contributed by atoms with Gasteiger partial charge in [0, 0.05) is 45.1 Å². The van der Waals surface area contributed by atoms with Gasteiger partial charge in [-0.05, 0) is 67.0 Å². The lowest BCUT2D eigenvalue weighted by Gasteiger charge is -2.33. The highest BCUT2D eigenvalue weighted by atomic mass is 16.5. The lowest BCUT2D eigenvalue weighted by Crippen LogP contribution is -2.39. The van der Waals surface area contributed by atoms with E-state index in [4.69, 9.17) is 4.74 Å². The average molecular weight is 403 g/mol. The molecule has 2 atom stereocenters. The minimum Gasteiger partial charge on any atom is -0.487 e. The Morgan fingerprint density at radius 1 is 0.900 bits per heavy atom. The third-order valence-corrected chi connectivity index (χ3v) is 8.12. The van der Waals surface area contributed by atoms with Gasteiger partial charge in [-0.2, -0.15) is 0 Å². The van der Waals surface area contributed by atoms with E-state index in [1.54, 1.807) is 0 Å². The van der Waals surface area contributed by atoms with Gasteiger partial charge >= 0.3 is 0 Å². The molecule has 0 amide bonds. The van der Waals surface area contributed by atoms with Crippen LogP contribution < -0.4 is 4.74 Å². The Bertz CT molecular complexity index is 907. The Balaban J connectivity index is 1.14. The summed E-state index contributed by atoms with van der Waals surface area (Å²) in [5.74, 6) is 1.16. The Morgan fingerprint density at radius 3 is 2.80 bits per heavy atom. The minimum atomic E-state index is 0.0579. The predicted molar refractivity (Wildman–Crippen MR) is 121 cm³/mol. The number of hydrogen-bond donors (Lipinski definition) is 0. The van der Waals surface area contributed by atoms with E-state index < -0.39 is 0 Å². The molecular formula is C27H34N2O. The molecule has 4 aliphatic rings. The Kier molecular flexibility index (Phi) is 4.84. The van der Waals surface area contributed by atoms with Crippen molar-refractivity contribution in [3.8, 4) is 5.75 Å². The van der Waals surface area contributed by atoms with E-state index in [2.05, 4.69) is 52.3 Å². The van der Waals surface area contributed by atoms with Crippen molar-refractivity contribution in [1.82, 2.24) is 9.80 Å². The zero-order valence-electron chi connectivity index (χ0n) is 18.1. The van der Waals surface area contributed by atoms with Crippen LogP contribution in [-0.2, 0) is 25.9 Å². The van der Waals surface area contributed by atoms with E-state index in [1.165, 1.54) is 80.3 Å². The lowest BCUT2D eigenvalue weighted by atomic mass is 9.88. The highest BCUT2D eigenvalue weighted by Gasteiger charge is 2.42. The van der Waals surface area contributed by atoms with E-state index in [0.717, 1.165) is 37.8 Å². The number of nitrogens with zero attached hydrogens (tertiary/aromatic N) is 2. The van der Waals surface area contributed by atoms with Gasteiger partial charge < -0.3 is 9.64 Å². The number of piperidine rings is 1. The number of benzene rings is 2. The predicted octanol–water partition coefficient (Wildman–Crippen LogP) is 4.96. The van der Waals surface area contributed by atoms with Crippen molar-refractivity contribution in [2.45, 2.75) is 76.1 Å². The molecule has 6 rings (SSSR count). The molecule has 2 aromatic rings. The van der Waals surface area contributed by atoms with Gasteiger partial charge in [0.2, 0.25) is 0 Å². The number of rotatable bonds is 2. The summed E-state index contributed by atoms with van der Waals surface area (Å²) in [7, 11) is 0. The minimum absolute atomic E-state index is 0.0579. The molecule has 3 heteroatoms. The van der Waals surface area contributed by atoms with Crippen molar-refractivity contribution >= 4 is 0 Å². The molecule has 158 valence electrons. The molecule has 0 bridgehead atoms. The largest absolute Gasteiger partial charge is 0.487 e. The van der Waals surface area contributed by atoms with Crippen LogP contribution >= 0.6 is 0 Å². The van der Waals surface area contributed by atoms with E-state index in [1.807, 2.05) is 0 Å². The van der Waals surface area contributed by atoms with Gasteiger partial charge in [-0.1, -0.05) is 42.8 Å². The van der Waals surface area contributed by atoms with Crippen LogP contribution in [0, 0.1) is 0 Å². The maximum absolute atomic E-state index is 6.67. The summed E-state index contributed by atoms with van der Waals surface area (Å²) >= 11 is 0. The first kappa shape index (κ1) is 18.9. The number of hydrogen-bond acceptors (Lipinski definition) is 3. The molecule has 4 aliphatic heterocycles.